The largest absolute Gasteiger partial charge is 0.415 e. The van der Waals surface area contributed by atoms with E-state index in [-0.39, 0.29) is 0 Å². The lowest BCUT2D eigenvalue weighted by Gasteiger charge is -2.35. The van der Waals surface area contributed by atoms with Crippen LogP contribution in [-0.2, 0) is 6.54 Å². The fourth-order valence-corrected chi connectivity index (χ4v) is 2.68. The first-order valence-corrected chi connectivity index (χ1v) is 7.96. The number of rotatable bonds is 4. The van der Waals surface area contributed by atoms with Crippen molar-refractivity contribution in [1.29, 1.82) is 0 Å². The van der Waals surface area contributed by atoms with Gasteiger partial charge in [-0.05, 0) is 18.4 Å². The summed E-state index contributed by atoms with van der Waals surface area (Å²) in [5.41, 5.74) is 1.30. The van der Waals surface area contributed by atoms with E-state index in [9.17, 15) is 0 Å². The molecule has 0 amide bonds. The first-order chi connectivity index (χ1) is 9.85. The monoisotopic (exact) mass is 290 g/mol. The van der Waals surface area contributed by atoms with E-state index in [0.717, 1.165) is 32.7 Å². The van der Waals surface area contributed by atoms with E-state index in [1.807, 2.05) is 6.26 Å². The van der Waals surface area contributed by atoms with E-state index in [4.69, 9.17) is 4.42 Å². The fraction of sp³-hybridized carbons (Fsp3) is 0.429. The number of hydrogen-bond acceptors (Lipinski definition) is 6. The van der Waals surface area contributed by atoms with Crippen LogP contribution in [0.25, 0.3) is 0 Å². The summed E-state index contributed by atoms with van der Waals surface area (Å²) in [6.07, 6.45) is 1.94. The van der Waals surface area contributed by atoms with Crippen molar-refractivity contribution >= 4 is 17.4 Å². The molecular formula is C14H18N4OS. The molecule has 0 spiro atoms. The Morgan fingerprint density at radius 2 is 1.85 bits per heavy atom. The van der Waals surface area contributed by atoms with Crippen LogP contribution in [0, 0.1) is 0 Å². The molecular weight excluding hydrogens is 272 g/mol. The molecule has 0 aliphatic carbocycles. The van der Waals surface area contributed by atoms with E-state index in [1.54, 1.807) is 0 Å². The van der Waals surface area contributed by atoms with Crippen LogP contribution in [0.3, 0.4) is 0 Å². The summed E-state index contributed by atoms with van der Waals surface area (Å²) in [6.45, 7) is 4.86. The summed E-state index contributed by atoms with van der Waals surface area (Å²) in [7, 11) is 0. The molecule has 1 aliphatic heterocycles. The summed E-state index contributed by atoms with van der Waals surface area (Å²) >= 11 is 1.48. The Labute approximate surface area is 123 Å². The minimum Gasteiger partial charge on any atom is -0.415 e. The van der Waals surface area contributed by atoms with Crippen molar-refractivity contribution in [2.45, 2.75) is 11.8 Å². The van der Waals surface area contributed by atoms with Gasteiger partial charge in [0.2, 0.25) is 5.89 Å². The molecule has 0 saturated carbocycles. The summed E-state index contributed by atoms with van der Waals surface area (Å²) in [4.78, 5) is 4.77. The van der Waals surface area contributed by atoms with Crippen LogP contribution in [0.2, 0.25) is 0 Å². The van der Waals surface area contributed by atoms with Crippen molar-refractivity contribution in [3.8, 4) is 0 Å². The zero-order chi connectivity index (χ0) is 13.8. The summed E-state index contributed by atoms with van der Waals surface area (Å²) in [6, 6.07) is 10.6. The van der Waals surface area contributed by atoms with Crippen molar-refractivity contribution in [3.05, 3.63) is 36.2 Å². The first-order valence-electron chi connectivity index (χ1n) is 6.74. The molecule has 1 aromatic heterocycles. The number of piperazine rings is 1. The molecule has 0 radical (unpaired) electrons. The summed E-state index contributed by atoms with van der Waals surface area (Å²) in [5.74, 6) is 0.711. The predicted molar refractivity (Wildman–Crippen MR) is 80.0 cm³/mol. The van der Waals surface area contributed by atoms with Gasteiger partial charge in [-0.3, -0.25) is 4.90 Å². The molecule has 5 nitrogen and oxygen atoms in total. The van der Waals surface area contributed by atoms with E-state index in [0.29, 0.717) is 11.1 Å². The Morgan fingerprint density at radius 1 is 1.10 bits per heavy atom. The maximum Gasteiger partial charge on any atom is 0.276 e. The third kappa shape index (κ3) is 3.13. The van der Waals surface area contributed by atoms with Gasteiger partial charge in [-0.1, -0.05) is 30.0 Å². The molecule has 1 saturated heterocycles. The van der Waals surface area contributed by atoms with E-state index >= 15 is 0 Å². The molecule has 3 rings (SSSR count). The maximum absolute atomic E-state index is 5.53. The molecule has 6 heteroatoms. The predicted octanol–water partition coefficient (Wildman–Crippen LogP) is 2.11. The van der Waals surface area contributed by atoms with Crippen LogP contribution in [-0.4, -0.2) is 47.5 Å². The van der Waals surface area contributed by atoms with Gasteiger partial charge in [0.25, 0.3) is 5.22 Å². The van der Waals surface area contributed by atoms with E-state index in [1.165, 1.54) is 17.4 Å². The number of hydrogen-bond donors (Lipinski definition) is 0. The molecule has 0 N–H and O–H groups in total. The Kier molecular flexibility index (Phi) is 4.22. The Bertz CT molecular complexity index is 537. The van der Waals surface area contributed by atoms with Crippen molar-refractivity contribution in [3.63, 3.8) is 0 Å². The number of anilines is 1. The van der Waals surface area contributed by atoms with E-state index in [2.05, 4.69) is 50.3 Å². The zero-order valence-corrected chi connectivity index (χ0v) is 12.3. The van der Waals surface area contributed by atoms with Gasteiger partial charge < -0.3 is 9.32 Å². The standard InChI is InChI=1S/C14H18N4OS/c1-20-14-16-15-13(19-14)11-17-7-9-18(10-8-17)12-5-3-2-4-6-12/h2-6H,7-11H2,1H3. The van der Waals surface area contributed by atoms with Gasteiger partial charge in [-0.25, -0.2) is 0 Å². The first kappa shape index (κ1) is 13.5. The second-order valence-corrected chi connectivity index (χ2v) is 5.52. The third-order valence-corrected chi connectivity index (χ3v) is 3.99. The molecule has 2 aromatic rings. The van der Waals surface area contributed by atoms with Crippen LogP contribution in [0.1, 0.15) is 5.89 Å². The lowest BCUT2D eigenvalue weighted by molar-refractivity contribution is 0.220. The van der Waals surface area contributed by atoms with Crippen molar-refractivity contribution in [1.82, 2.24) is 15.1 Å². The number of thioether (sulfide) groups is 1. The molecule has 1 aliphatic rings. The van der Waals surface area contributed by atoms with Crippen LogP contribution < -0.4 is 4.90 Å². The molecule has 1 aromatic carbocycles. The molecule has 1 fully saturated rings. The zero-order valence-electron chi connectivity index (χ0n) is 11.5. The van der Waals surface area contributed by atoms with Gasteiger partial charge in [-0.2, -0.15) is 0 Å². The van der Waals surface area contributed by atoms with Gasteiger partial charge in [0.1, 0.15) is 0 Å². The smallest absolute Gasteiger partial charge is 0.276 e. The van der Waals surface area contributed by atoms with Crippen molar-refractivity contribution in [2.75, 3.05) is 37.3 Å². The lowest BCUT2D eigenvalue weighted by Crippen LogP contribution is -2.46. The van der Waals surface area contributed by atoms with E-state index < -0.39 is 0 Å². The molecule has 106 valence electrons. The fourth-order valence-electron chi connectivity index (χ4n) is 2.38. The van der Waals surface area contributed by atoms with Crippen LogP contribution in [0.4, 0.5) is 5.69 Å². The van der Waals surface area contributed by atoms with Crippen molar-refractivity contribution in [2.24, 2.45) is 0 Å². The minimum atomic E-state index is 0.642. The number of para-hydroxylation sites is 1. The number of aromatic nitrogens is 2. The highest BCUT2D eigenvalue weighted by atomic mass is 32.2. The normalized spacial score (nSPS) is 16.6. The van der Waals surface area contributed by atoms with Gasteiger partial charge in [-0.15, -0.1) is 10.2 Å². The van der Waals surface area contributed by atoms with Crippen LogP contribution >= 0.6 is 11.8 Å². The minimum absolute atomic E-state index is 0.642. The maximum atomic E-state index is 5.53. The average molecular weight is 290 g/mol. The number of nitrogens with zero attached hydrogens (tertiary/aromatic N) is 4. The third-order valence-electron chi connectivity index (χ3n) is 3.48. The highest BCUT2D eigenvalue weighted by Crippen LogP contribution is 2.17. The Morgan fingerprint density at radius 3 is 2.50 bits per heavy atom. The van der Waals surface area contributed by atoms with Gasteiger partial charge in [0.05, 0.1) is 6.54 Å². The topological polar surface area (TPSA) is 45.4 Å². The second kappa shape index (κ2) is 6.28. The van der Waals surface area contributed by atoms with Crippen LogP contribution in [0.15, 0.2) is 40.0 Å². The second-order valence-electron chi connectivity index (χ2n) is 4.76. The Balaban J connectivity index is 1.53. The molecule has 0 unspecified atom stereocenters. The van der Waals surface area contributed by atoms with Gasteiger partial charge in [0, 0.05) is 31.9 Å². The summed E-state index contributed by atoms with van der Waals surface area (Å²) in [5, 5.41) is 8.68. The molecule has 2 heterocycles. The average Bonchev–Trinajstić information content (AvgIpc) is 2.97. The molecule has 0 atom stereocenters. The number of benzene rings is 1. The SMILES string of the molecule is CSc1nnc(CN2CCN(c3ccccc3)CC2)o1. The van der Waals surface area contributed by atoms with Crippen LogP contribution in [0.5, 0.6) is 0 Å². The lowest BCUT2D eigenvalue weighted by atomic mass is 10.2. The molecule has 0 bridgehead atoms. The highest BCUT2D eigenvalue weighted by Gasteiger charge is 2.19. The van der Waals surface area contributed by atoms with Gasteiger partial charge >= 0.3 is 0 Å². The van der Waals surface area contributed by atoms with Crippen molar-refractivity contribution < 1.29 is 4.42 Å². The van der Waals surface area contributed by atoms with Gasteiger partial charge in [0.15, 0.2) is 0 Å². The Hall–Kier alpha value is -1.53. The highest BCUT2D eigenvalue weighted by molar-refractivity contribution is 7.98. The quantitative estimate of drug-likeness (QED) is 0.804. The summed E-state index contributed by atoms with van der Waals surface area (Å²) < 4.78 is 5.53. The molecule has 20 heavy (non-hydrogen) atoms.